The molecule has 28 heavy (non-hydrogen) atoms. The Morgan fingerprint density at radius 3 is 2.36 bits per heavy atom. The van der Waals surface area contributed by atoms with E-state index >= 15 is 0 Å². The number of nitrogens with zero attached hydrogens (tertiary/aromatic N) is 1. The van der Waals surface area contributed by atoms with Crippen molar-refractivity contribution in [3.63, 3.8) is 0 Å². The summed E-state index contributed by atoms with van der Waals surface area (Å²) in [6.45, 7) is 1.77. The van der Waals surface area contributed by atoms with E-state index in [-0.39, 0.29) is 5.82 Å². The number of esters is 1. The molecule has 0 N–H and O–H groups in total. The van der Waals surface area contributed by atoms with Gasteiger partial charge in [0.15, 0.2) is 0 Å². The predicted octanol–water partition coefficient (Wildman–Crippen LogP) is 5.96. The number of pyridine rings is 1. The molecule has 0 fully saturated rings. The number of ether oxygens (including phenoxy) is 1. The number of rotatable bonds is 4. The lowest BCUT2D eigenvalue weighted by atomic mass is 10.0. The fourth-order valence-electron chi connectivity index (χ4n) is 3.13. The normalized spacial score (nSPS) is 11.9. The van der Waals surface area contributed by atoms with Crippen LogP contribution in [-0.4, -0.2) is 11.0 Å². The molecule has 0 aliphatic heterocycles. The minimum atomic E-state index is -0.500. The van der Waals surface area contributed by atoms with Crippen molar-refractivity contribution in [2.45, 2.75) is 13.0 Å². The van der Waals surface area contributed by atoms with E-state index in [1.54, 1.807) is 25.1 Å². The van der Waals surface area contributed by atoms with Crippen LogP contribution in [0.1, 0.15) is 28.9 Å². The number of para-hydroxylation sites is 1. The zero-order valence-electron chi connectivity index (χ0n) is 15.3. The number of benzene rings is 3. The second-order valence-corrected chi connectivity index (χ2v) is 6.54. The molecule has 1 atom stereocenters. The van der Waals surface area contributed by atoms with Crippen LogP contribution in [0.15, 0.2) is 84.9 Å². The number of fused-ring (bicyclic) bond motifs is 1. The minimum Gasteiger partial charge on any atom is -0.454 e. The monoisotopic (exact) mass is 371 g/mol. The van der Waals surface area contributed by atoms with Crippen LogP contribution in [0.25, 0.3) is 22.2 Å². The predicted molar refractivity (Wildman–Crippen MR) is 107 cm³/mol. The van der Waals surface area contributed by atoms with Gasteiger partial charge in [-0.2, -0.15) is 0 Å². The summed E-state index contributed by atoms with van der Waals surface area (Å²) in [6, 6.07) is 24.9. The Balaban J connectivity index is 1.72. The highest BCUT2D eigenvalue weighted by atomic mass is 19.1. The van der Waals surface area contributed by atoms with E-state index < -0.39 is 12.1 Å². The van der Waals surface area contributed by atoms with Crippen LogP contribution in [-0.2, 0) is 4.74 Å². The summed E-state index contributed by atoms with van der Waals surface area (Å²) < 4.78 is 18.8. The van der Waals surface area contributed by atoms with Crippen LogP contribution in [0.2, 0.25) is 0 Å². The standard InChI is InChI=1S/C24H18FNO2/c1-16(17-11-13-19(25)14-12-17)28-24(27)21-15-23(18-7-3-2-4-8-18)26-22-10-6-5-9-20(21)22/h2-16H,1H3/t16-/m0/s1. The molecule has 0 aliphatic rings. The molecule has 0 saturated heterocycles. The van der Waals surface area contributed by atoms with E-state index in [2.05, 4.69) is 4.98 Å². The van der Waals surface area contributed by atoms with Crippen molar-refractivity contribution in [2.24, 2.45) is 0 Å². The molecular formula is C24H18FNO2. The summed E-state index contributed by atoms with van der Waals surface area (Å²) in [4.78, 5) is 17.7. The quantitative estimate of drug-likeness (QED) is 0.416. The van der Waals surface area contributed by atoms with Gasteiger partial charge in [0.2, 0.25) is 0 Å². The Kier molecular flexibility index (Phi) is 4.85. The fraction of sp³-hybridized carbons (Fsp3) is 0.0833. The summed E-state index contributed by atoms with van der Waals surface area (Å²) in [7, 11) is 0. The van der Waals surface area contributed by atoms with Gasteiger partial charge in [-0.25, -0.2) is 14.2 Å². The number of aromatic nitrogens is 1. The molecule has 0 amide bonds. The van der Waals surface area contributed by atoms with Crippen LogP contribution < -0.4 is 0 Å². The van der Waals surface area contributed by atoms with E-state index in [0.29, 0.717) is 11.3 Å². The van der Waals surface area contributed by atoms with Gasteiger partial charge in [0, 0.05) is 10.9 Å². The SMILES string of the molecule is C[C@H](OC(=O)c1cc(-c2ccccc2)nc2ccccc12)c1ccc(F)cc1. The highest BCUT2D eigenvalue weighted by Gasteiger charge is 2.18. The second kappa shape index (κ2) is 7.61. The maximum Gasteiger partial charge on any atom is 0.339 e. The summed E-state index contributed by atoms with van der Waals surface area (Å²) in [5.74, 6) is -0.762. The van der Waals surface area contributed by atoms with E-state index in [1.165, 1.54) is 12.1 Å². The Bertz CT molecular complexity index is 1120. The molecule has 1 aromatic heterocycles. The summed E-state index contributed by atoms with van der Waals surface area (Å²) in [5, 5.41) is 0.735. The molecule has 4 aromatic rings. The summed E-state index contributed by atoms with van der Waals surface area (Å²) >= 11 is 0. The average molecular weight is 371 g/mol. The van der Waals surface area contributed by atoms with Crippen molar-refractivity contribution in [1.29, 1.82) is 0 Å². The molecular weight excluding hydrogens is 353 g/mol. The molecule has 0 saturated carbocycles. The number of hydrogen-bond acceptors (Lipinski definition) is 3. The van der Waals surface area contributed by atoms with Crippen molar-refractivity contribution >= 4 is 16.9 Å². The van der Waals surface area contributed by atoms with Gasteiger partial charge >= 0.3 is 5.97 Å². The third-order valence-electron chi connectivity index (χ3n) is 4.63. The summed E-state index contributed by atoms with van der Waals surface area (Å²) in [6.07, 6.45) is -0.500. The largest absolute Gasteiger partial charge is 0.454 e. The van der Waals surface area contributed by atoms with Crippen LogP contribution in [0.5, 0.6) is 0 Å². The highest BCUT2D eigenvalue weighted by Crippen LogP contribution is 2.27. The van der Waals surface area contributed by atoms with Crippen molar-refractivity contribution in [2.75, 3.05) is 0 Å². The van der Waals surface area contributed by atoms with Crippen LogP contribution in [0, 0.1) is 5.82 Å². The maximum atomic E-state index is 13.1. The fourth-order valence-corrected chi connectivity index (χ4v) is 3.13. The molecule has 0 unspecified atom stereocenters. The number of hydrogen-bond donors (Lipinski definition) is 0. The number of halogens is 1. The first kappa shape index (κ1) is 17.9. The lowest BCUT2D eigenvalue weighted by molar-refractivity contribution is 0.0340. The molecule has 0 aliphatic carbocycles. The maximum absolute atomic E-state index is 13.1. The van der Waals surface area contributed by atoms with E-state index in [1.807, 2.05) is 54.6 Å². The Hall–Kier alpha value is -3.53. The lowest BCUT2D eigenvalue weighted by Crippen LogP contribution is -2.10. The number of carbonyl (C=O) groups excluding carboxylic acids is 1. The topological polar surface area (TPSA) is 39.2 Å². The van der Waals surface area contributed by atoms with Gasteiger partial charge < -0.3 is 4.74 Å². The molecule has 1 heterocycles. The Morgan fingerprint density at radius 2 is 1.61 bits per heavy atom. The van der Waals surface area contributed by atoms with Crippen LogP contribution >= 0.6 is 0 Å². The number of carbonyl (C=O) groups is 1. The van der Waals surface area contributed by atoms with Gasteiger partial charge in [-0.3, -0.25) is 0 Å². The zero-order chi connectivity index (χ0) is 19.5. The minimum absolute atomic E-state index is 0.324. The third-order valence-corrected chi connectivity index (χ3v) is 4.63. The first-order valence-electron chi connectivity index (χ1n) is 9.03. The van der Waals surface area contributed by atoms with Gasteiger partial charge in [0.25, 0.3) is 0 Å². The first-order chi connectivity index (χ1) is 13.6. The summed E-state index contributed by atoms with van der Waals surface area (Å²) in [5.41, 5.74) is 3.55. The highest BCUT2D eigenvalue weighted by molar-refractivity contribution is 6.04. The molecule has 0 spiro atoms. The van der Waals surface area contributed by atoms with Crippen LogP contribution in [0.4, 0.5) is 4.39 Å². The first-order valence-corrected chi connectivity index (χ1v) is 9.03. The van der Waals surface area contributed by atoms with Crippen molar-refractivity contribution in [3.8, 4) is 11.3 Å². The van der Waals surface area contributed by atoms with Gasteiger partial charge in [-0.05, 0) is 36.8 Å². The molecule has 0 bridgehead atoms. The Labute approximate surface area is 162 Å². The van der Waals surface area contributed by atoms with E-state index in [0.717, 1.165) is 22.0 Å². The Morgan fingerprint density at radius 1 is 0.929 bits per heavy atom. The van der Waals surface area contributed by atoms with Gasteiger partial charge in [0.1, 0.15) is 11.9 Å². The van der Waals surface area contributed by atoms with Crippen molar-refractivity contribution in [1.82, 2.24) is 4.98 Å². The average Bonchev–Trinajstić information content (AvgIpc) is 2.74. The van der Waals surface area contributed by atoms with Gasteiger partial charge in [-0.15, -0.1) is 0 Å². The molecule has 0 radical (unpaired) electrons. The molecule has 4 heteroatoms. The van der Waals surface area contributed by atoms with E-state index in [9.17, 15) is 9.18 Å². The van der Waals surface area contributed by atoms with Gasteiger partial charge in [0.05, 0.1) is 16.8 Å². The van der Waals surface area contributed by atoms with Gasteiger partial charge in [-0.1, -0.05) is 60.7 Å². The van der Waals surface area contributed by atoms with Crippen LogP contribution in [0.3, 0.4) is 0 Å². The molecule has 4 rings (SSSR count). The lowest BCUT2D eigenvalue weighted by Gasteiger charge is -2.15. The zero-order valence-corrected chi connectivity index (χ0v) is 15.3. The molecule has 138 valence electrons. The smallest absolute Gasteiger partial charge is 0.339 e. The van der Waals surface area contributed by atoms with Crippen molar-refractivity contribution < 1.29 is 13.9 Å². The second-order valence-electron chi connectivity index (χ2n) is 6.54. The molecule has 3 aromatic carbocycles. The third kappa shape index (κ3) is 3.62. The molecule has 3 nitrogen and oxygen atoms in total. The van der Waals surface area contributed by atoms with Crippen molar-refractivity contribution in [3.05, 3.63) is 102 Å². The van der Waals surface area contributed by atoms with E-state index in [4.69, 9.17) is 4.74 Å².